The van der Waals surface area contributed by atoms with Crippen molar-refractivity contribution in [2.24, 2.45) is 0 Å². The van der Waals surface area contributed by atoms with Crippen molar-refractivity contribution in [2.75, 3.05) is 13.7 Å². The van der Waals surface area contributed by atoms with Crippen LogP contribution < -0.4 is 9.47 Å². The summed E-state index contributed by atoms with van der Waals surface area (Å²) in [6, 6.07) is 15.2. The van der Waals surface area contributed by atoms with Crippen LogP contribution in [0.5, 0.6) is 11.5 Å². The van der Waals surface area contributed by atoms with Crippen LogP contribution in [0.15, 0.2) is 53.4 Å². The van der Waals surface area contributed by atoms with Crippen molar-refractivity contribution < 1.29 is 24.2 Å². The lowest BCUT2D eigenvalue weighted by molar-refractivity contribution is -0.137. The first-order valence-corrected chi connectivity index (χ1v) is 10.5. The molecule has 0 aromatic heterocycles. The van der Waals surface area contributed by atoms with Gasteiger partial charge in [0.05, 0.1) is 12.0 Å². The molecular formula is C22H21NO5S2. The predicted octanol–water partition coefficient (Wildman–Crippen LogP) is 4.34. The zero-order chi connectivity index (χ0) is 21.5. The summed E-state index contributed by atoms with van der Waals surface area (Å²) in [6.07, 6.45) is 2.07. The van der Waals surface area contributed by atoms with E-state index >= 15 is 0 Å². The molecule has 0 bridgehead atoms. The van der Waals surface area contributed by atoms with Crippen molar-refractivity contribution in [1.82, 2.24) is 4.90 Å². The van der Waals surface area contributed by atoms with Crippen molar-refractivity contribution in [1.29, 1.82) is 0 Å². The number of benzene rings is 2. The number of carbonyl (C=O) groups is 2. The third-order valence-corrected chi connectivity index (χ3v) is 5.77. The molecule has 1 aliphatic rings. The summed E-state index contributed by atoms with van der Waals surface area (Å²) >= 11 is 6.51. The van der Waals surface area contributed by atoms with Crippen LogP contribution in [0, 0.1) is 0 Å². The summed E-state index contributed by atoms with van der Waals surface area (Å²) in [6.45, 7) is 0.641. The molecule has 2 aromatic rings. The Hall–Kier alpha value is -2.84. The highest BCUT2D eigenvalue weighted by Gasteiger charge is 2.32. The summed E-state index contributed by atoms with van der Waals surface area (Å²) < 4.78 is 11.9. The van der Waals surface area contributed by atoms with Gasteiger partial charge in [0, 0.05) is 18.5 Å². The van der Waals surface area contributed by atoms with Gasteiger partial charge in [-0.1, -0.05) is 66.4 Å². The zero-order valence-corrected chi connectivity index (χ0v) is 18.0. The van der Waals surface area contributed by atoms with Crippen molar-refractivity contribution in [3.05, 3.63) is 64.6 Å². The lowest BCUT2D eigenvalue weighted by Crippen LogP contribution is -2.29. The molecule has 30 heavy (non-hydrogen) atoms. The number of carboxylic acids is 1. The van der Waals surface area contributed by atoms with Gasteiger partial charge in [0.25, 0.3) is 5.91 Å². The maximum Gasteiger partial charge on any atom is 0.303 e. The van der Waals surface area contributed by atoms with E-state index in [1.165, 1.54) is 16.7 Å². The van der Waals surface area contributed by atoms with Crippen LogP contribution in [-0.4, -0.2) is 39.9 Å². The minimum Gasteiger partial charge on any atom is -0.493 e. The number of thioether (sulfide) groups is 1. The van der Waals surface area contributed by atoms with E-state index < -0.39 is 5.97 Å². The number of carbonyl (C=O) groups excluding carboxylic acids is 1. The Morgan fingerprint density at radius 3 is 2.67 bits per heavy atom. The fourth-order valence-corrected chi connectivity index (χ4v) is 4.21. The van der Waals surface area contributed by atoms with Crippen molar-refractivity contribution >= 4 is 46.3 Å². The molecule has 0 saturated carbocycles. The van der Waals surface area contributed by atoms with Gasteiger partial charge in [-0.2, -0.15) is 0 Å². The Balaban J connectivity index is 1.81. The van der Waals surface area contributed by atoms with Crippen LogP contribution in [-0.2, 0) is 16.2 Å². The average molecular weight is 444 g/mol. The van der Waals surface area contributed by atoms with Crippen molar-refractivity contribution in [2.45, 2.75) is 19.4 Å². The molecule has 1 N–H and O–H groups in total. The normalized spacial score (nSPS) is 15.0. The van der Waals surface area contributed by atoms with Crippen LogP contribution in [0.4, 0.5) is 0 Å². The quantitative estimate of drug-likeness (QED) is 0.456. The SMILES string of the molecule is COc1cccc(C=C2SC(=S)N(CCCC(=O)O)C2=O)c1OCc1ccccc1. The molecule has 1 aliphatic heterocycles. The smallest absolute Gasteiger partial charge is 0.303 e. The first-order valence-electron chi connectivity index (χ1n) is 9.30. The number of carboxylic acid groups (broad SMARTS) is 1. The minimum atomic E-state index is -0.896. The van der Waals surface area contributed by atoms with Crippen LogP contribution in [0.1, 0.15) is 24.0 Å². The van der Waals surface area contributed by atoms with Crippen LogP contribution >= 0.6 is 24.0 Å². The van der Waals surface area contributed by atoms with E-state index in [1.54, 1.807) is 19.3 Å². The molecule has 2 aromatic carbocycles. The molecular weight excluding hydrogens is 422 g/mol. The van der Waals surface area contributed by atoms with E-state index in [4.69, 9.17) is 26.8 Å². The number of rotatable bonds is 9. The Labute approximate surface area is 184 Å². The highest BCUT2D eigenvalue weighted by Crippen LogP contribution is 2.38. The highest BCUT2D eigenvalue weighted by atomic mass is 32.2. The molecule has 3 rings (SSSR count). The molecule has 1 saturated heterocycles. The molecule has 0 atom stereocenters. The van der Waals surface area contributed by atoms with Gasteiger partial charge in [0.1, 0.15) is 10.9 Å². The lowest BCUT2D eigenvalue weighted by Gasteiger charge is -2.14. The second kappa shape index (κ2) is 10.3. The number of nitrogens with zero attached hydrogens (tertiary/aromatic N) is 1. The lowest BCUT2D eigenvalue weighted by atomic mass is 10.1. The first-order chi connectivity index (χ1) is 14.5. The zero-order valence-electron chi connectivity index (χ0n) is 16.4. The summed E-state index contributed by atoms with van der Waals surface area (Å²) in [5.74, 6) is -0.0172. The molecule has 0 unspecified atom stereocenters. The number of hydrogen-bond acceptors (Lipinski definition) is 6. The number of hydrogen-bond donors (Lipinski definition) is 1. The molecule has 0 radical (unpaired) electrons. The fourth-order valence-electron chi connectivity index (χ4n) is 2.91. The molecule has 1 heterocycles. The molecule has 8 heteroatoms. The first kappa shape index (κ1) is 21.9. The van der Waals surface area contributed by atoms with E-state index in [1.807, 2.05) is 42.5 Å². The summed E-state index contributed by atoms with van der Waals surface area (Å²) in [5, 5.41) is 8.80. The second-order valence-electron chi connectivity index (χ2n) is 6.48. The topological polar surface area (TPSA) is 76.1 Å². The van der Waals surface area contributed by atoms with Crippen LogP contribution in [0.3, 0.4) is 0 Å². The number of amides is 1. The van der Waals surface area contributed by atoms with Gasteiger partial charge >= 0.3 is 5.97 Å². The Morgan fingerprint density at radius 2 is 1.97 bits per heavy atom. The third kappa shape index (κ3) is 5.40. The van der Waals surface area contributed by atoms with Crippen LogP contribution in [0.25, 0.3) is 6.08 Å². The highest BCUT2D eigenvalue weighted by molar-refractivity contribution is 8.26. The molecule has 0 aliphatic carbocycles. The van der Waals surface area contributed by atoms with Crippen LogP contribution in [0.2, 0.25) is 0 Å². The van der Waals surface area contributed by atoms with E-state index in [0.29, 0.717) is 39.3 Å². The van der Waals surface area contributed by atoms with E-state index in [9.17, 15) is 9.59 Å². The minimum absolute atomic E-state index is 0.0105. The number of aliphatic carboxylic acids is 1. The monoisotopic (exact) mass is 443 g/mol. The number of para-hydroxylation sites is 1. The number of thiocarbonyl (C=S) groups is 1. The summed E-state index contributed by atoms with van der Waals surface area (Å²) in [4.78, 5) is 25.4. The standard InChI is InChI=1S/C22H21NO5S2/c1-27-17-10-5-9-16(20(17)28-14-15-7-3-2-4-8-15)13-18-21(26)23(22(29)30-18)12-6-11-19(24)25/h2-5,7-10,13H,6,11-12,14H2,1H3,(H,24,25). The maximum atomic E-state index is 12.8. The van der Waals surface area contributed by atoms with Gasteiger partial charge in [0.2, 0.25) is 0 Å². The van der Waals surface area contributed by atoms with Gasteiger partial charge in [-0.3, -0.25) is 14.5 Å². The summed E-state index contributed by atoms with van der Waals surface area (Å²) in [7, 11) is 1.57. The summed E-state index contributed by atoms with van der Waals surface area (Å²) in [5.41, 5.74) is 1.72. The second-order valence-corrected chi connectivity index (χ2v) is 8.16. The number of ether oxygens (including phenoxy) is 2. The largest absolute Gasteiger partial charge is 0.493 e. The van der Waals surface area contributed by atoms with E-state index in [0.717, 1.165) is 5.56 Å². The van der Waals surface area contributed by atoms with Gasteiger partial charge in [0.15, 0.2) is 11.5 Å². The van der Waals surface area contributed by atoms with Gasteiger partial charge in [-0.15, -0.1) is 0 Å². The average Bonchev–Trinajstić information content (AvgIpc) is 3.00. The molecule has 6 nitrogen and oxygen atoms in total. The van der Waals surface area contributed by atoms with E-state index in [-0.39, 0.29) is 18.9 Å². The van der Waals surface area contributed by atoms with Gasteiger partial charge in [-0.25, -0.2) is 0 Å². The Kier molecular flexibility index (Phi) is 7.48. The third-order valence-electron chi connectivity index (χ3n) is 4.39. The Morgan fingerprint density at radius 1 is 1.20 bits per heavy atom. The van der Waals surface area contributed by atoms with Gasteiger partial charge in [-0.05, 0) is 24.1 Å². The van der Waals surface area contributed by atoms with Crippen molar-refractivity contribution in [3.63, 3.8) is 0 Å². The van der Waals surface area contributed by atoms with Gasteiger partial charge < -0.3 is 14.6 Å². The Bertz CT molecular complexity index is 975. The molecule has 1 fully saturated rings. The molecule has 1 amide bonds. The predicted molar refractivity (Wildman–Crippen MR) is 121 cm³/mol. The number of methoxy groups -OCH3 is 1. The van der Waals surface area contributed by atoms with E-state index in [2.05, 4.69) is 0 Å². The molecule has 156 valence electrons. The fraction of sp³-hybridized carbons (Fsp3) is 0.227. The molecule has 0 spiro atoms. The van der Waals surface area contributed by atoms with Crippen molar-refractivity contribution in [3.8, 4) is 11.5 Å². The maximum absolute atomic E-state index is 12.8.